The molecule has 4 rings (SSSR count). The van der Waals surface area contributed by atoms with Crippen LogP contribution in [0.4, 0.5) is 17.5 Å². The molecule has 1 atom stereocenters. The van der Waals surface area contributed by atoms with Crippen LogP contribution in [-0.4, -0.2) is 69.9 Å². The fourth-order valence-electron chi connectivity index (χ4n) is 4.65. The highest BCUT2D eigenvalue weighted by atomic mass is 32.2. The first kappa shape index (κ1) is 32.4. The average molecular weight is 621 g/mol. The molecule has 2 N–H and O–H groups in total. The average Bonchev–Trinajstić information content (AvgIpc) is 3.49. The Morgan fingerprint density at radius 2 is 1.95 bits per heavy atom. The second-order valence-electron chi connectivity index (χ2n) is 13.4. The maximum Gasteiger partial charge on any atom is 0.329 e. The largest absolute Gasteiger partial charge is 0.416 e. The number of benzene rings is 1. The highest BCUT2D eigenvalue weighted by Gasteiger charge is 2.44. The number of fused-ring (bicyclic) bond motifs is 1. The van der Waals surface area contributed by atoms with Crippen molar-refractivity contribution in [3.05, 3.63) is 47.3 Å². The first-order valence-corrected chi connectivity index (χ1v) is 18.8. The lowest BCUT2D eigenvalue weighted by Crippen LogP contribution is -2.46. The van der Waals surface area contributed by atoms with Crippen molar-refractivity contribution >= 4 is 49.2 Å². The van der Waals surface area contributed by atoms with Crippen molar-refractivity contribution in [3.8, 4) is 17.3 Å². The Bertz CT molecular complexity index is 1700. The zero-order valence-corrected chi connectivity index (χ0v) is 28.0. The van der Waals surface area contributed by atoms with Crippen molar-refractivity contribution in [2.45, 2.75) is 69.8 Å². The van der Waals surface area contributed by atoms with Gasteiger partial charge in [-0.15, -0.1) is 0 Å². The molecule has 0 unspecified atom stereocenters. The molecule has 14 heteroatoms. The number of nitrogens with zero attached hydrogens (tertiary/aromatic N) is 5. The van der Waals surface area contributed by atoms with E-state index < -0.39 is 28.3 Å². The lowest BCUT2D eigenvalue weighted by atomic mass is 9.83. The van der Waals surface area contributed by atoms with Crippen LogP contribution in [0.15, 0.2) is 30.5 Å². The quantitative estimate of drug-likeness (QED) is 0.241. The molecule has 0 bridgehead atoms. The van der Waals surface area contributed by atoms with E-state index >= 15 is 0 Å². The number of anilines is 3. The minimum atomic E-state index is -3.40. The maximum atomic E-state index is 12.2. The molecule has 0 amide bonds. The molecule has 11 nitrogen and oxygen atoms in total. The third kappa shape index (κ3) is 6.25. The number of hydrogen-bond acceptors (Lipinski definition) is 10. The van der Waals surface area contributed by atoms with E-state index in [0.717, 1.165) is 11.7 Å². The van der Waals surface area contributed by atoms with Gasteiger partial charge in [0, 0.05) is 48.3 Å². The smallest absolute Gasteiger partial charge is 0.329 e. The molecule has 1 radical (unpaired) electrons. The second-order valence-corrected chi connectivity index (χ2v) is 20.8. The molecule has 1 aliphatic rings. The molecule has 0 saturated carbocycles. The lowest BCUT2D eigenvalue weighted by molar-refractivity contribution is 0.219. The van der Waals surface area contributed by atoms with E-state index in [9.17, 15) is 18.5 Å². The van der Waals surface area contributed by atoms with Crippen LogP contribution >= 0.6 is 0 Å². The predicted octanol–water partition coefficient (Wildman–Crippen LogP) is 4.67. The number of aromatic nitrogens is 4. The van der Waals surface area contributed by atoms with Gasteiger partial charge in [0.2, 0.25) is 5.95 Å². The number of H-pyrrole nitrogens is 1. The zero-order valence-electron chi connectivity index (χ0n) is 26.2. The Morgan fingerprint density at radius 3 is 2.56 bits per heavy atom. The summed E-state index contributed by atoms with van der Waals surface area (Å²) in [6, 6.07) is 9.46. The van der Waals surface area contributed by atoms with E-state index in [1.807, 2.05) is 10.9 Å². The summed E-state index contributed by atoms with van der Waals surface area (Å²) in [6.45, 7) is 17.2. The number of hydrogen-bond donors (Lipinski definition) is 2. The second kappa shape index (κ2) is 11.2. The topological polar surface area (TPSA) is 154 Å². The monoisotopic (exact) mass is 620 g/mol. The number of nitriles is 1. The van der Waals surface area contributed by atoms with Crippen LogP contribution < -0.4 is 10.1 Å². The molecule has 0 saturated heterocycles. The first-order valence-electron chi connectivity index (χ1n) is 14.0. The third-order valence-corrected chi connectivity index (χ3v) is 15.4. The minimum absolute atomic E-state index is 0.0268. The molecule has 227 valence electrons. The van der Waals surface area contributed by atoms with Gasteiger partial charge >= 0.3 is 7.41 Å². The summed E-state index contributed by atoms with van der Waals surface area (Å²) in [5.74, 6) is 0.623. The molecule has 3 heterocycles. The number of nitrogens with one attached hydrogen (secondary N) is 2. The van der Waals surface area contributed by atoms with Crippen LogP contribution in [0, 0.1) is 11.3 Å². The Morgan fingerprint density at radius 1 is 1.26 bits per heavy atom. The highest BCUT2D eigenvalue weighted by molar-refractivity contribution is 7.91. The molecule has 0 spiro atoms. The molecule has 1 aliphatic heterocycles. The van der Waals surface area contributed by atoms with Gasteiger partial charge in [-0.3, -0.25) is 5.10 Å². The Hall–Kier alpha value is -3.54. The van der Waals surface area contributed by atoms with Crippen molar-refractivity contribution in [2.24, 2.45) is 0 Å². The first-order chi connectivity index (χ1) is 19.8. The van der Waals surface area contributed by atoms with Gasteiger partial charge in [-0.1, -0.05) is 27.7 Å². The molecule has 43 heavy (non-hydrogen) atoms. The van der Waals surface area contributed by atoms with Crippen LogP contribution in [0.5, 0.6) is 0 Å². The minimum Gasteiger partial charge on any atom is -0.416 e. The number of carbonyl (C=O) groups is 1. The Kier molecular flexibility index (Phi) is 8.42. The normalized spacial score (nSPS) is 17.3. The van der Waals surface area contributed by atoms with Crippen LogP contribution in [0.3, 0.4) is 0 Å². The fraction of sp³-hybridized carbons (Fsp3) is 0.483. The van der Waals surface area contributed by atoms with Crippen molar-refractivity contribution in [2.75, 3.05) is 29.5 Å². The summed E-state index contributed by atoms with van der Waals surface area (Å²) in [7, 11) is -4.01. The van der Waals surface area contributed by atoms with Crippen molar-refractivity contribution in [1.82, 2.24) is 20.2 Å². The van der Waals surface area contributed by atoms with Gasteiger partial charge in [0.05, 0.1) is 17.0 Å². The van der Waals surface area contributed by atoms with E-state index in [1.165, 1.54) is 13.7 Å². The van der Waals surface area contributed by atoms with E-state index in [4.69, 9.17) is 4.43 Å². The molecule has 1 aromatic carbocycles. The molecule has 0 aliphatic carbocycles. The summed E-state index contributed by atoms with van der Waals surface area (Å²) in [5.41, 5.74) is 3.27. The molecule has 0 fully saturated rings. The number of sulfone groups is 1. The number of aromatic amines is 1. The Balaban J connectivity index is 1.71. The van der Waals surface area contributed by atoms with Gasteiger partial charge in [0.25, 0.3) is 0 Å². The van der Waals surface area contributed by atoms with Crippen LogP contribution in [0.25, 0.3) is 11.3 Å². The summed E-state index contributed by atoms with van der Waals surface area (Å²) >= 11 is 0. The Labute approximate surface area is 255 Å². The zero-order chi connectivity index (χ0) is 32.0. The summed E-state index contributed by atoms with van der Waals surface area (Å²) in [4.78, 5) is 22.4. The van der Waals surface area contributed by atoms with Crippen molar-refractivity contribution in [1.29, 1.82) is 5.26 Å². The SMILES string of the molecule is CC(C)(C)[Si](C)(C)OC[C@@]1(C)CN([B]C=O)c2c(C#N)cc(-c3ccnc(Nc4cc(C(C)(C)S(C)(=O)=O)[nH]n4)n3)cc21. The fourth-order valence-corrected chi connectivity index (χ4v) is 6.26. The van der Waals surface area contributed by atoms with Crippen LogP contribution in [0.1, 0.15) is 58.4 Å². The third-order valence-electron chi connectivity index (χ3n) is 8.83. The molecule has 2 aromatic heterocycles. The summed E-state index contributed by atoms with van der Waals surface area (Å²) in [6.07, 6.45) is 3.52. The van der Waals surface area contributed by atoms with Crippen LogP contribution in [-0.2, 0) is 29.2 Å². The molecular weight excluding hydrogens is 581 g/mol. The van der Waals surface area contributed by atoms with E-state index in [-0.39, 0.29) is 11.0 Å². The van der Waals surface area contributed by atoms with Crippen molar-refractivity contribution < 1.29 is 17.6 Å². The number of carbonyl (C=O) groups excluding carboxylic acids is 1. The lowest BCUT2D eigenvalue weighted by Gasteiger charge is -2.39. The van der Waals surface area contributed by atoms with Gasteiger partial charge in [-0.25, -0.2) is 18.4 Å². The molecular formula is C29H39BN7O4SSi. The van der Waals surface area contributed by atoms with Gasteiger partial charge in [-0.2, -0.15) is 10.4 Å². The highest BCUT2D eigenvalue weighted by Crippen LogP contribution is 2.46. The van der Waals surface area contributed by atoms with Crippen LogP contribution in [0.2, 0.25) is 18.1 Å². The van der Waals surface area contributed by atoms with E-state index in [0.29, 0.717) is 47.2 Å². The van der Waals surface area contributed by atoms with Gasteiger partial charge in [0.15, 0.2) is 24.0 Å². The number of rotatable bonds is 10. The maximum absolute atomic E-state index is 12.2. The summed E-state index contributed by atoms with van der Waals surface area (Å²) in [5, 5.41) is 20.2. The predicted molar refractivity (Wildman–Crippen MR) is 172 cm³/mol. The molecule has 3 aromatic rings. The summed E-state index contributed by atoms with van der Waals surface area (Å²) < 4.78 is 30.0. The van der Waals surface area contributed by atoms with Gasteiger partial charge in [0.1, 0.15) is 17.0 Å². The standard InChI is InChI=1S/C29H39BN7O4SSi/c1-27(2,3)43(8,9)41-17-29(6)16-37(30-18-38)25-20(15-31)12-19(13-21(25)29)22-10-11-32-26(33-22)34-24-14-23(35-36-24)28(4,5)42(7,39)40/h10-14,18H,16-17H2,1-9H3,(H2,32,33,34,35,36)/t29-/m1/s1. The van der Waals surface area contributed by atoms with Crippen molar-refractivity contribution in [3.63, 3.8) is 0 Å². The van der Waals surface area contributed by atoms with E-state index in [2.05, 4.69) is 72.3 Å². The van der Waals surface area contributed by atoms with Gasteiger partial charge < -0.3 is 19.3 Å². The van der Waals surface area contributed by atoms with Gasteiger partial charge in [-0.05, 0) is 55.7 Å². The van der Waals surface area contributed by atoms with E-state index in [1.54, 1.807) is 38.2 Å².